The van der Waals surface area contributed by atoms with Crippen molar-refractivity contribution >= 4 is 5.95 Å². The molecular formula is C5H6N8O2. The van der Waals surface area contributed by atoms with Crippen LogP contribution in [-0.4, -0.2) is 39.9 Å². The minimum atomic E-state index is -0.677. The quantitative estimate of drug-likeness (QED) is 0.461. The number of rotatable bonds is 2. The van der Waals surface area contributed by atoms with Gasteiger partial charge in [0, 0.05) is 12.1 Å². The van der Waals surface area contributed by atoms with Crippen molar-refractivity contribution in [2.45, 2.75) is 6.92 Å². The minimum Gasteiger partial charge on any atom is -0.390 e. The summed E-state index contributed by atoms with van der Waals surface area (Å²) in [6.45, 7) is 1.65. The normalized spacial score (nSPS) is 10.5. The fourth-order valence-electron chi connectivity index (χ4n) is 1.04. The second kappa shape index (κ2) is 3.08. The molecule has 0 saturated heterocycles. The molecule has 0 aliphatic heterocycles. The van der Waals surface area contributed by atoms with Gasteiger partial charge >= 0.3 is 11.9 Å². The highest BCUT2D eigenvalue weighted by Crippen LogP contribution is 2.08. The van der Waals surface area contributed by atoms with E-state index in [0.717, 1.165) is 0 Å². The standard InChI is InChI=1S/C5H6N8O2/c1-3-7-9-10-12(3)5-6-4(13(14)15)8-11(5)2/h1-2H3. The molecule has 0 aliphatic carbocycles. The average molecular weight is 210 g/mol. The first-order valence-electron chi connectivity index (χ1n) is 3.90. The molecule has 10 heteroatoms. The van der Waals surface area contributed by atoms with Gasteiger partial charge in [0.2, 0.25) is 0 Å². The van der Waals surface area contributed by atoms with Gasteiger partial charge in [-0.3, -0.25) is 0 Å². The topological polar surface area (TPSA) is 117 Å². The molecule has 2 heterocycles. The van der Waals surface area contributed by atoms with Crippen LogP contribution < -0.4 is 0 Å². The van der Waals surface area contributed by atoms with Crippen LogP contribution in [0.15, 0.2) is 0 Å². The van der Waals surface area contributed by atoms with E-state index in [1.807, 2.05) is 0 Å². The van der Waals surface area contributed by atoms with Gasteiger partial charge in [0.15, 0.2) is 5.82 Å². The summed E-state index contributed by atoms with van der Waals surface area (Å²) in [7, 11) is 1.52. The van der Waals surface area contributed by atoms with Crippen LogP contribution in [0.2, 0.25) is 0 Å². The third kappa shape index (κ3) is 1.41. The van der Waals surface area contributed by atoms with Crippen molar-refractivity contribution in [1.82, 2.24) is 35.0 Å². The van der Waals surface area contributed by atoms with E-state index in [1.54, 1.807) is 6.92 Å². The number of tetrazole rings is 1. The Morgan fingerprint density at radius 2 is 2.20 bits per heavy atom. The monoisotopic (exact) mass is 210 g/mol. The second-order valence-corrected chi connectivity index (χ2v) is 2.73. The predicted molar refractivity (Wildman–Crippen MR) is 45.1 cm³/mol. The van der Waals surface area contributed by atoms with E-state index in [2.05, 4.69) is 25.6 Å². The van der Waals surface area contributed by atoms with Crippen molar-refractivity contribution in [3.8, 4) is 5.95 Å². The number of nitrogens with zero attached hydrogens (tertiary/aromatic N) is 8. The van der Waals surface area contributed by atoms with Crippen molar-refractivity contribution in [3.05, 3.63) is 15.9 Å². The van der Waals surface area contributed by atoms with Gasteiger partial charge in [0.25, 0.3) is 0 Å². The molecule has 0 radical (unpaired) electrons. The van der Waals surface area contributed by atoms with E-state index in [1.165, 1.54) is 16.4 Å². The van der Waals surface area contributed by atoms with Gasteiger partial charge in [-0.25, -0.2) is 0 Å². The highest BCUT2D eigenvalue weighted by atomic mass is 16.6. The molecule has 0 unspecified atom stereocenters. The molecule has 2 aromatic rings. The summed E-state index contributed by atoms with van der Waals surface area (Å²) in [5.41, 5.74) is 0. The molecule has 2 aromatic heterocycles. The molecule has 0 amide bonds. The molecule has 0 N–H and O–H groups in total. The first kappa shape index (κ1) is 9.18. The third-order valence-corrected chi connectivity index (χ3v) is 1.71. The summed E-state index contributed by atoms with van der Waals surface area (Å²) in [6, 6.07) is 0. The molecule has 0 spiro atoms. The molecule has 0 fully saturated rings. The Kier molecular flexibility index (Phi) is 1.88. The number of aromatic nitrogens is 7. The summed E-state index contributed by atoms with van der Waals surface area (Å²) >= 11 is 0. The fourth-order valence-corrected chi connectivity index (χ4v) is 1.04. The molecule has 0 atom stereocenters. The molecule has 0 aliphatic rings. The Balaban J connectivity index is 2.54. The van der Waals surface area contributed by atoms with Gasteiger partial charge in [-0.15, -0.1) is 9.78 Å². The Labute approximate surface area is 82.7 Å². The van der Waals surface area contributed by atoms with Gasteiger partial charge in [0.05, 0.1) is 0 Å². The maximum absolute atomic E-state index is 10.4. The predicted octanol–water partition coefficient (Wildman–Crippen LogP) is -0.993. The van der Waals surface area contributed by atoms with Crippen LogP contribution in [0.1, 0.15) is 5.82 Å². The van der Waals surface area contributed by atoms with Crippen molar-refractivity contribution in [2.24, 2.45) is 7.05 Å². The molecular weight excluding hydrogens is 204 g/mol. The van der Waals surface area contributed by atoms with E-state index in [-0.39, 0.29) is 5.95 Å². The summed E-state index contributed by atoms with van der Waals surface area (Å²) < 4.78 is 2.50. The lowest BCUT2D eigenvalue weighted by molar-refractivity contribution is -0.394. The maximum atomic E-state index is 10.4. The zero-order valence-electron chi connectivity index (χ0n) is 7.89. The Bertz CT molecular complexity index is 513. The summed E-state index contributed by atoms with van der Waals surface area (Å²) in [6.07, 6.45) is 0. The minimum absolute atomic E-state index is 0.198. The second-order valence-electron chi connectivity index (χ2n) is 2.73. The van der Waals surface area contributed by atoms with Crippen LogP contribution in [0.5, 0.6) is 0 Å². The highest BCUT2D eigenvalue weighted by molar-refractivity contribution is 5.16. The maximum Gasteiger partial charge on any atom is 0.493 e. The first-order chi connectivity index (χ1) is 7.09. The molecule has 15 heavy (non-hydrogen) atoms. The molecule has 0 aromatic carbocycles. The zero-order chi connectivity index (χ0) is 11.0. The SMILES string of the molecule is Cc1nnnn1-c1nc([N+](=O)[O-])nn1C. The molecule has 10 nitrogen and oxygen atoms in total. The first-order valence-corrected chi connectivity index (χ1v) is 3.90. The largest absolute Gasteiger partial charge is 0.493 e. The molecule has 0 bridgehead atoms. The van der Waals surface area contributed by atoms with E-state index in [4.69, 9.17) is 0 Å². The van der Waals surface area contributed by atoms with E-state index in [0.29, 0.717) is 5.82 Å². The number of hydrogen-bond donors (Lipinski definition) is 0. The molecule has 78 valence electrons. The van der Waals surface area contributed by atoms with Crippen LogP contribution >= 0.6 is 0 Å². The lowest BCUT2D eigenvalue weighted by atomic mass is 10.7. The average Bonchev–Trinajstić information content (AvgIpc) is 2.71. The van der Waals surface area contributed by atoms with E-state index < -0.39 is 10.9 Å². The molecule has 0 saturated carbocycles. The fraction of sp³-hybridized carbons (Fsp3) is 0.400. The van der Waals surface area contributed by atoms with Gasteiger partial charge in [-0.1, -0.05) is 0 Å². The van der Waals surface area contributed by atoms with Crippen LogP contribution in [0.3, 0.4) is 0 Å². The van der Waals surface area contributed by atoms with Crippen LogP contribution in [0.4, 0.5) is 5.95 Å². The van der Waals surface area contributed by atoms with Crippen molar-refractivity contribution < 1.29 is 4.92 Å². The third-order valence-electron chi connectivity index (χ3n) is 1.71. The van der Waals surface area contributed by atoms with Gasteiger partial charge in [0.1, 0.15) is 0 Å². The van der Waals surface area contributed by atoms with Crippen LogP contribution in [0.25, 0.3) is 5.95 Å². The van der Waals surface area contributed by atoms with E-state index >= 15 is 0 Å². The Morgan fingerprint density at radius 3 is 2.67 bits per heavy atom. The van der Waals surface area contributed by atoms with Gasteiger partial charge in [-0.2, -0.15) is 4.68 Å². The summed E-state index contributed by atoms with van der Waals surface area (Å²) in [5.74, 6) is 0.187. The molecule has 2 rings (SSSR count). The van der Waals surface area contributed by atoms with Gasteiger partial charge < -0.3 is 10.1 Å². The lowest BCUT2D eigenvalue weighted by Crippen LogP contribution is -2.07. The summed E-state index contributed by atoms with van der Waals surface area (Å²) in [4.78, 5) is 13.4. The van der Waals surface area contributed by atoms with Crippen LogP contribution in [0, 0.1) is 17.0 Å². The number of hydrogen-bond acceptors (Lipinski definition) is 7. The zero-order valence-corrected chi connectivity index (χ0v) is 7.89. The number of nitro groups is 1. The Hall–Kier alpha value is -2.39. The van der Waals surface area contributed by atoms with Crippen molar-refractivity contribution in [1.29, 1.82) is 0 Å². The smallest absolute Gasteiger partial charge is 0.390 e. The van der Waals surface area contributed by atoms with Crippen molar-refractivity contribution in [2.75, 3.05) is 0 Å². The van der Waals surface area contributed by atoms with Crippen LogP contribution in [-0.2, 0) is 7.05 Å². The highest BCUT2D eigenvalue weighted by Gasteiger charge is 2.22. The summed E-state index contributed by atoms with van der Waals surface area (Å²) in [5, 5.41) is 24.7. The van der Waals surface area contributed by atoms with E-state index in [9.17, 15) is 10.1 Å². The number of aryl methyl sites for hydroxylation is 2. The lowest BCUT2D eigenvalue weighted by Gasteiger charge is -1.92. The van der Waals surface area contributed by atoms with Gasteiger partial charge in [-0.05, 0) is 27.3 Å². The Morgan fingerprint density at radius 1 is 1.47 bits per heavy atom. The van der Waals surface area contributed by atoms with Crippen molar-refractivity contribution in [3.63, 3.8) is 0 Å².